The second-order valence-corrected chi connectivity index (χ2v) is 7.07. The highest BCUT2D eigenvalue weighted by Crippen LogP contribution is 2.37. The van der Waals surface area contributed by atoms with Crippen LogP contribution in [0.15, 0.2) is 24.3 Å². The summed E-state index contributed by atoms with van der Waals surface area (Å²) in [6.07, 6.45) is 6.68. The minimum absolute atomic E-state index is 0.0316. The molecule has 1 aromatic carbocycles. The molecule has 132 valence electrons. The van der Waals surface area contributed by atoms with E-state index in [0.29, 0.717) is 18.6 Å². The molecule has 0 radical (unpaired) electrons. The molecule has 1 aliphatic heterocycles. The van der Waals surface area contributed by atoms with E-state index < -0.39 is 0 Å². The summed E-state index contributed by atoms with van der Waals surface area (Å²) in [5, 5.41) is 0. The van der Waals surface area contributed by atoms with E-state index in [-0.39, 0.29) is 17.7 Å². The van der Waals surface area contributed by atoms with Crippen molar-refractivity contribution in [3.05, 3.63) is 35.6 Å². The zero-order valence-corrected chi connectivity index (χ0v) is 14.5. The number of carbonyl (C=O) groups is 1. The zero-order valence-electron chi connectivity index (χ0n) is 14.5. The lowest BCUT2D eigenvalue weighted by atomic mass is 9.78. The molecule has 0 aromatic heterocycles. The molecule has 3 rings (SSSR count). The van der Waals surface area contributed by atoms with Crippen LogP contribution in [0.2, 0.25) is 0 Å². The molecule has 0 N–H and O–H groups in total. The van der Waals surface area contributed by atoms with Crippen LogP contribution >= 0.6 is 0 Å². The van der Waals surface area contributed by atoms with Crippen LogP contribution in [0.4, 0.5) is 4.39 Å². The first-order chi connectivity index (χ1) is 11.7. The quantitative estimate of drug-likeness (QED) is 0.776. The third kappa shape index (κ3) is 3.97. The standard InChI is InChI=1S/C20H28FNO2/c1-2-24-20(23)16-11-13-22(14-12-16)19-6-4-3-5-18(19)15-7-9-17(21)10-8-15/h7-10,16,18-19H,2-6,11-14H2,1H3. The van der Waals surface area contributed by atoms with Crippen LogP contribution in [0.3, 0.4) is 0 Å². The summed E-state index contributed by atoms with van der Waals surface area (Å²) < 4.78 is 18.4. The first-order valence-electron chi connectivity index (χ1n) is 9.35. The monoisotopic (exact) mass is 333 g/mol. The average molecular weight is 333 g/mol. The Morgan fingerprint density at radius 3 is 2.46 bits per heavy atom. The van der Waals surface area contributed by atoms with E-state index in [1.807, 2.05) is 19.1 Å². The van der Waals surface area contributed by atoms with Gasteiger partial charge < -0.3 is 4.74 Å². The molecule has 0 spiro atoms. The molecule has 0 amide bonds. The number of carbonyl (C=O) groups excluding carboxylic acids is 1. The van der Waals surface area contributed by atoms with Gasteiger partial charge in [0.25, 0.3) is 0 Å². The minimum Gasteiger partial charge on any atom is -0.466 e. The molecule has 2 unspecified atom stereocenters. The predicted molar refractivity (Wildman–Crippen MR) is 92.3 cm³/mol. The summed E-state index contributed by atoms with van der Waals surface area (Å²) in [6.45, 7) is 4.26. The number of likely N-dealkylation sites (tertiary alicyclic amines) is 1. The zero-order chi connectivity index (χ0) is 16.9. The van der Waals surface area contributed by atoms with E-state index in [4.69, 9.17) is 4.74 Å². The number of benzene rings is 1. The van der Waals surface area contributed by atoms with Crippen molar-refractivity contribution in [2.75, 3.05) is 19.7 Å². The molecule has 24 heavy (non-hydrogen) atoms. The maximum absolute atomic E-state index is 13.2. The second-order valence-electron chi connectivity index (χ2n) is 7.07. The summed E-state index contributed by atoms with van der Waals surface area (Å²) in [5.74, 6) is 0.352. The number of rotatable bonds is 4. The van der Waals surface area contributed by atoms with Gasteiger partial charge in [-0.3, -0.25) is 9.69 Å². The molecule has 1 saturated carbocycles. The summed E-state index contributed by atoms with van der Waals surface area (Å²) in [6, 6.07) is 7.57. The SMILES string of the molecule is CCOC(=O)C1CCN(C2CCCCC2c2ccc(F)cc2)CC1. The fourth-order valence-corrected chi connectivity index (χ4v) is 4.37. The van der Waals surface area contributed by atoms with Gasteiger partial charge in [-0.1, -0.05) is 25.0 Å². The van der Waals surface area contributed by atoms with Gasteiger partial charge in [-0.2, -0.15) is 0 Å². The number of piperidine rings is 1. The molecule has 3 nitrogen and oxygen atoms in total. The van der Waals surface area contributed by atoms with Crippen LogP contribution < -0.4 is 0 Å². The molecule has 0 bridgehead atoms. The van der Waals surface area contributed by atoms with Crippen LogP contribution in [0.5, 0.6) is 0 Å². The van der Waals surface area contributed by atoms with Gasteiger partial charge in [-0.15, -0.1) is 0 Å². The summed E-state index contributed by atoms with van der Waals surface area (Å²) >= 11 is 0. The van der Waals surface area contributed by atoms with Gasteiger partial charge in [0.05, 0.1) is 12.5 Å². The largest absolute Gasteiger partial charge is 0.466 e. The lowest BCUT2D eigenvalue weighted by Gasteiger charge is -2.43. The van der Waals surface area contributed by atoms with E-state index in [1.165, 1.54) is 31.2 Å². The Hall–Kier alpha value is -1.42. The highest BCUT2D eigenvalue weighted by atomic mass is 19.1. The molecule has 4 heteroatoms. The molecule has 1 aliphatic carbocycles. The Balaban J connectivity index is 1.64. The molecule has 1 saturated heterocycles. The van der Waals surface area contributed by atoms with Crippen molar-refractivity contribution < 1.29 is 13.9 Å². The molecule has 2 aliphatic rings. The van der Waals surface area contributed by atoms with E-state index in [2.05, 4.69) is 4.90 Å². The maximum atomic E-state index is 13.2. The first-order valence-corrected chi connectivity index (χ1v) is 9.35. The Labute approximate surface area is 144 Å². The van der Waals surface area contributed by atoms with Crippen LogP contribution in [0.25, 0.3) is 0 Å². The molecule has 1 heterocycles. The average Bonchev–Trinajstić information content (AvgIpc) is 2.63. The van der Waals surface area contributed by atoms with Crippen LogP contribution in [-0.4, -0.2) is 36.6 Å². The number of halogens is 1. The molecular formula is C20H28FNO2. The summed E-state index contributed by atoms with van der Waals surface area (Å²) in [4.78, 5) is 14.5. The van der Waals surface area contributed by atoms with Crippen molar-refractivity contribution in [3.8, 4) is 0 Å². The first kappa shape index (κ1) is 17.4. The van der Waals surface area contributed by atoms with Crippen LogP contribution in [-0.2, 0) is 9.53 Å². The summed E-state index contributed by atoms with van der Waals surface area (Å²) in [5.41, 5.74) is 1.26. The third-order valence-electron chi connectivity index (χ3n) is 5.65. The van der Waals surface area contributed by atoms with Gasteiger partial charge >= 0.3 is 5.97 Å². The Morgan fingerprint density at radius 1 is 1.12 bits per heavy atom. The highest BCUT2D eigenvalue weighted by molar-refractivity contribution is 5.72. The van der Waals surface area contributed by atoms with Gasteiger partial charge in [0, 0.05) is 6.04 Å². The number of nitrogens with zero attached hydrogens (tertiary/aromatic N) is 1. The number of esters is 1. The van der Waals surface area contributed by atoms with E-state index in [0.717, 1.165) is 25.9 Å². The lowest BCUT2D eigenvalue weighted by Crippen LogP contribution is -2.46. The van der Waals surface area contributed by atoms with Gasteiger partial charge in [-0.25, -0.2) is 4.39 Å². The van der Waals surface area contributed by atoms with Gasteiger partial charge in [-0.05, 0) is 69.3 Å². The van der Waals surface area contributed by atoms with Crippen molar-refractivity contribution in [1.82, 2.24) is 4.90 Å². The fourth-order valence-electron chi connectivity index (χ4n) is 4.37. The Morgan fingerprint density at radius 2 is 1.79 bits per heavy atom. The van der Waals surface area contributed by atoms with Gasteiger partial charge in [0.15, 0.2) is 0 Å². The fraction of sp³-hybridized carbons (Fsp3) is 0.650. The third-order valence-corrected chi connectivity index (χ3v) is 5.65. The van der Waals surface area contributed by atoms with Crippen LogP contribution in [0.1, 0.15) is 56.9 Å². The molecular weight excluding hydrogens is 305 g/mol. The van der Waals surface area contributed by atoms with Crippen molar-refractivity contribution in [2.45, 2.75) is 57.4 Å². The van der Waals surface area contributed by atoms with Crippen LogP contribution in [0, 0.1) is 11.7 Å². The Kier molecular flexibility index (Phi) is 5.88. The normalized spacial score (nSPS) is 26.2. The van der Waals surface area contributed by atoms with Crippen molar-refractivity contribution in [2.24, 2.45) is 5.92 Å². The predicted octanol–water partition coefficient (Wildman–Crippen LogP) is 4.13. The lowest BCUT2D eigenvalue weighted by molar-refractivity contribution is -0.149. The van der Waals surface area contributed by atoms with E-state index in [1.54, 1.807) is 12.1 Å². The van der Waals surface area contributed by atoms with Crippen molar-refractivity contribution in [1.29, 1.82) is 0 Å². The topological polar surface area (TPSA) is 29.5 Å². The van der Waals surface area contributed by atoms with E-state index in [9.17, 15) is 9.18 Å². The smallest absolute Gasteiger partial charge is 0.309 e. The summed E-state index contributed by atoms with van der Waals surface area (Å²) in [7, 11) is 0. The van der Waals surface area contributed by atoms with Crippen molar-refractivity contribution in [3.63, 3.8) is 0 Å². The number of ether oxygens (including phenoxy) is 1. The van der Waals surface area contributed by atoms with E-state index >= 15 is 0 Å². The maximum Gasteiger partial charge on any atom is 0.309 e. The number of hydrogen-bond acceptors (Lipinski definition) is 3. The minimum atomic E-state index is -0.165. The highest BCUT2D eigenvalue weighted by Gasteiger charge is 2.35. The number of hydrogen-bond donors (Lipinski definition) is 0. The molecule has 2 fully saturated rings. The second kappa shape index (κ2) is 8.11. The molecule has 1 aromatic rings. The van der Waals surface area contributed by atoms with Gasteiger partial charge in [0.1, 0.15) is 5.82 Å². The van der Waals surface area contributed by atoms with Crippen molar-refractivity contribution >= 4 is 5.97 Å². The Bertz CT molecular complexity index is 537. The van der Waals surface area contributed by atoms with Gasteiger partial charge in [0.2, 0.25) is 0 Å². The molecule has 2 atom stereocenters.